The Bertz CT molecular complexity index is 761. The standard InChI is InChI=1S/C14H12N4O/c1-8-11(6-10-7-15-5-4-12(10)16-8)14-17-13(18-19-14)9-2-3-9/h4-7,9H,2-3H2,1H3. The lowest BCUT2D eigenvalue weighted by Crippen LogP contribution is -1.90. The van der Waals surface area contributed by atoms with Gasteiger partial charge in [0.1, 0.15) is 0 Å². The molecule has 1 aliphatic carbocycles. The Morgan fingerprint density at radius 1 is 1.26 bits per heavy atom. The number of aromatic nitrogens is 4. The molecule has 3 heterocycles. The molecule has 3 aromatic rings. The summed E-state index contributed by atoms with van der Waals surface area (Å²) in [4.78, 5) is 13.1. The lowest BCUT2D eigenvalue weighted by molar-refractivity contribution is 0.422. The van der Waals surface area contributed by atoms with Crippen LogP contribution in [0.2, 0.25) is 0 Å². The molecule has 0 saturated heterocycles. The van der Waals surface area contributed by atoms with Crippen molar-refractivity contribution in [1.82, 2.24) is 20.1 Å². The van der Waals surface area contributed by atoms with Crippen LogP contribution in [0.15, 0.2) is 29.0 Å². The van der Waals surface area contributed by atoms with Gasteiger partial charge < -0.3 is 4.52 Å². The molecule has 0 N–H and O–H groups in total. The predicted molar refractivity (Wildman–Crippen MR) is 69.5 cm³/mol. The van der Waals surface area contributed by atoms with Gasteiger partial charge in [-0.15, -0.1) is 0 Å². The van der Waals surface area contributed by atoms with Gasteiger partial charge in [-0.1, -0.05) is 5.16 Å². The fraction of sp³-hybridized carbons (Fsp3) is 0.286. The summed E-state index contributed by atoms with van der Waals surface area (Å²) < 4.78 is 5.36. The zero-order valence-corrected chi connectivity index (χ0v) is 10.5. The van der Waals surface area contributed by atoms with Crippen LogP contribution in [-0.2, 0) is 0 Å². The summed E-state index contributed by atoms with van der Waals surface area (Å²) in [6, 6.07) is 3.91. The Hall–Kier alpha value is -2.30. The summed E-state index contributed by atoms with van der Waals surface area (Å²) in [5, 5.41) is 5.03. The third-order valence-corrected chi connectivity index (χ3v) is 3.42. The van der Waals surface area contributed by atoms with E-state index in [4.69, 9.17) is 4.52 Å². The Morgan fingerprint density at radius 2 is 2.16 bits per heavy atom. The Labute approximate surface area is 109 Å². The first-order valence-corrected chi connectivity index (χ1v) is 6.36. The van der Waals surface area contributed by atoms with E-state index in [1.807, 2.05) is 19.1 Å². The number of hydrogen-bond acceptors (Lipinski definition) is 5. The van der Waals surface area contributed by atoms with Crippen molar-refractivity contribution in [3.63, 3.8) is 0 Å². The van der Waals surface area contributed by atoms with Crippen LogP contribution in [0.4, 0.5) is 0 Å². The maximum absolute atomic E-state index is 5.36. The summed E-state index contributed by atoms with van der Waals surface area (Å²) in [5.74, 6) is 1.87. The van der Waals surface area contributed by atoms with Gasteiger partial charge in [0.15, 0.2) is 5.82 Å². The molecule has 0 radical (unpaired) electrons. The van der Waals surface area contributed by atoms with E-state index in [1.54, 1.807) is 12.4 Å². The normalized spacial score (nSPS) is 15.0. The van der Waals surface area contributed by atoms with E-state index < -0.39 is 0 Å². The van der Waals surface area contributed by atoms with E-state index in [1.165, 1.54) is 0 Å². The van der Waals surface area contributed by atoms with Crippen molar-refractivity contribution in [2.75, 3.05) is 0 Å². The number of hydrogen-bond donors (Lipinski definition) is 0. The van der Waals surface area contributed by atoms with Gasteiger partial charge in [0.25, 0.3) is 5.89 Å². The average Bonchev–Trinajstić information content (AvgIpc) is 3.16. The Kier molecular flexibility index (Phi) is 2.15. The van der Waals surface area contributed by atoms with Crippen LogP contribution < -0.4 is 0 Å². The summed E-state index contributed by atoms with van der Waals surface area (Å²) in [5.41, 5.74) is 2.71. The molecule has 4 rings (SSSR count). The quantitative estimate of drug-likeness (QED) is 0.701. The predicted octanol–water partition coefficient (Wildman–Crippen LogP) is 2.87. The molecule has 0 unspecified atom stereocenters. The number of fused-ring (bicyclic) bond motifs is 1. The molecule has 0 amide bonds. The van der Waals surface area contributed by atoms with E-state index >= 15 is 0 Å². The average molecular weight is 252 g/mol. The second-order valence-electron chi connectivity index (χ2n) is 4.92. The van der Waals surface area contributed by atoms with Gasteiger partial charge in [-0.2, -0.15) is 4.98 Å². The van der Waals surface area contributed by atoms with Crippen molar-refractivity contribution in [2.45, 2.75) is 25.7 Å². The highest BCUT2D eigenvalue weighted by molar-refractivity contribution is 5.82. The third-order valence-electron chi connectivity index (χ3n) is 3.42. The second-order valence-corrected chi connectivity index (χ2v) is 4.92. The van der Waals surface area contributed by atoms with Crippen molar-refractivity contribution in [2.24, 2.45) is 0 Å². The molecular formula is C14H12N4O. The first-order chi connectivity index (χ1) is 9.31. The highest BCUT2D eigenvalue weighted by Gasteiger charge is 2.29. The van der Waals surface area contributed by atoms with Crippen molar-refractivity contribution in [1.29, 1.82) is 0 Å². The van der Waals surface area contributed by atoms with Crippen molar-refractivity contribution >= 4 is 10.9 Å². The maximum atomic E-state index is 5.36. The lowest BCUT2D eigenvalue weighted by Gasteiger charge is -2.02. The Balaban J connectivity index is 1.86. The van der Waals surface area contributed by atoms with Gasteiger partial charge in [-0.05, 0) is 31.9 Å². The van der Waals surface area contributed by atoms with Gasteiger partial charge in [0.05, 0.1) is 16.8 Å². The molecule has 1 fully saturated rings. The number of pyridine rings is 2. The summed E-state index contributed by atoms with van der Waals surface area (Å²) in [7, 11) is 0. The summed E-state index contributed by atoms with van der Waals surface area (Å²) >= 11 is 0. The highest BCUT2D eigenvalue weighted by Crippen LogP contribution is 2.39. The largest absolute Gasteiger partial charge is 0.334 e. The molecule has 0 bridgehead atoms. The first-order valence-electron chi connectivity index (χ1n) is 6.36. The summed E-state index contributed by atoms with van der Waals surface area (Å²) in [6.45, 7) is 1.95. The van der Waals surface area contributed by atoms with Gasteiger partial charge in [0, 0.05) is 23.7 Å². The molecule has 0 spiro atoms. The fourth-order valence-electron chi connectivity index (χ4n) is 2.18. The van der Waals surface area contributed by atoms with Crippen molar-refractivity contribution in [3.05, 3.63) is 36.0 Å². The third kappa shape index (κ3) is 1.78. The van der Waals surface area contributed by atoms with Crippen LogP contribution >= 0.6 is 0 Å². The van der Waals surface area contributed by atoms with Crippen LogP contribution in [0, 0.1) is 6.92 Å². The van der Waals surface area contributed by atoms with Gasteiger partial charge in [-0.3, -0.25) is 9.97 Å². The van der Waals surface area contributed by atoms with E-state index in [0.29, 0.717) is 11.8 Å². The molecule has 0 aromatic carbocycles. The van der Waals surface area contributed by atoms with Crippen molar-refractivity contribution in [3.8, 4) is 11.5 Å². The topological polar surface area (TPSA) is 64.7 Å². The highest BCUT2D eigenvalue weighted by atomic mass is 16.5. The van der Waals surface area contributed by atoms with E-state index in [2.05, 4.69) is 20.1 Å². The van der Waals surface area contributed by atoms with Gasteiger partial charge in [-0.25, -0.2) is 0 Å². The fourth-order valence-corrected chi connectivity index (χ4v) is 2.18. The second kappa shape index (κ2) is 3.85. The van der Waals surface area contributed by atoms with Gasteiger partial charge >= 0.3 is 0 Å². The molecule has 3 aromatic heterocycles. The van der Waals surface area contributed by atoms with E-state index in [-0.39, 0.29) is 0 Å². The van der Waals surface area contributed by atoms with Gasteiger partial charge in [0.2, 0.25) is 0 Å². The summed E-state index contributed by atoms with van der Waals surface area (Å²) in [6.07, 6.45) is 5.87. The van der Waals surface area contributed by atoms with Crippen LogP contribution in [0.1, 0.15) is 30.3 Å². The minimum absolute atomic E-state index is 0.493. The minimum atomic E-state index is 0.493. The molecule has 5 heteroatoms. The molecule has 1 aliphatic rings. The van der Waals surface area contributed by atoms with E-state index in [0.717, 1.165) is 40.8 Å². The van der Waals surface area contributed by atoms with Crippen molar-refractivity contribution < 1.29 is 4.52 Å². The monoisotopic (exact) mass is 252 g/mol. The van der Waals surface area contributed by atoms with Crippen LogP contribution in [0.5, 0.6) is 0 Å². The zero-order valence-electron chi connectivity index (χ0n) is 10.5. The molecule has 5 nitrogen and oxygen atoms in total. The van der Waals surface area contributed by atoms with E-state index in [9.17, 15) is 0 Å². The number of rotatable bonds is 2. The number of aryl methyl sites for hydroxylation is 1. The van der Waals surface area contributed by atoms with Crippen LogP contribution in [0.3, 0.4) is 0 Å². The Morgan fingerprint density at radius 3 is 3.00 bits per heavy atom. The molecular weight excluding hydrogens is 240 g/mol. The minimum Gasteiger partial charge on any atom is -0.334 e. The van der Waals surface area contributed by atoms with Crippen LogP contribution in [0.25, 0.3) is 22.4 Å². The molecule has 0 aliphatic heterocycles. The molecule has 0 atom stereocenters. The SMILES string of the molecule is Cc1nc2ccncc2cc1-c1nc(C2CC2)no1. The van der Waals surface area contributed by atoms with Crippen LogP contribution in [-0.4, -0.2) is 20.1 Å². The maximum Gasteiger partial charge on any atom is 0.259 e. The number of nitrogens with zero attached hydrogens (tertiary/aromatic N) is 4. The first kappa shape index (κ1) is 10.6. The smallest absolute Gasteiger partial charge is 0.259 e. The molecule has 19 heavy (non-hydrogen) atoms. The lowest BCUT2D eigenvalue weighted by atomic mass is 10.1. The molecule has 1 saturated carbocycles. The zero-order chi connectivity index (χ0) is 12.8. The molecule has 94 valence electrons.